The summed E-state index contributed by atoms with van der Waals surface area (Å²) in [6.45, 7) is 1.87. The van der Waals surface area contributed by atoms with Crippen molar-refractivity contribution < 1.29 is 0 Å². The van der Waals surface area contributed by atoms with E-state index < -0.39 is 0 Å². The van der Waals surface area contributed by atoms with Crippen molar-refractivity contribution in [3.8, 4) is 0 Å². The van der Waals surface area contributed by atoms with Gasteiger partial charge >= 0.3 is 0 Å². The number of thioether (sulfide) groups is 1. The minimum atomic E-state index is 0.605. The maximum atomic E-state index is 4.56. The topological polar surface area (TPSA) is 15.6 Å². The van der Waals surface area contributed by atoms with Gasteiger partial charge in [-0.2, -0.15) is 0 Å². The summed E-state index contributed by atoms with van der Waals surface area (Å²) in [5.41, 5.74) is 1.33. The van der Waals surface area contributed by atoms with Crippen LogP contribution in [-0.4, -0.2) is 34.2 Å². The number of rotatable bonds is 3. The molecule has 0 bridgehead atoms. The number of nitrogens with zero attached hydrogens (tertiary/aromatic N) is 2. The van der Waals surface area contributed by atoms with Crippen LogP contribution in [0.3, 0.4) is 0 Å². The number of hydrogen-bond donors (Lipinski definition) is 0. The summed E-state index contributed by atoms with van der Waals surface area (Å²) in [5.74, 6) is 0. The highest BCUT2D eigenvalue weighted by Crippen LogP contribution is 2.24. The summed E-state index contributed by atoms with van der Waals surface area (Å²) in [7, 11) is 2.11. The number of amidine groups is 1. The van der Waals surface area contributed by atoms with E-state index in [1.807, 2.05) is 17.8 Å². The largest absolute Gasteiger partial charge is 0.350 e. The van der Waals surface area contributed by atoms with Crippen molar-refractivity contribution in [3.05, 3.63) is 35.9 Å². The molecule has 86 valence electrons. The van der Waals surface area contributed by atoms with Gasteiger partial charge in [0.1, 0.15) is 0 Å². The third-order valence-electron chi connectivity index (χ3n) is 2.46. The molecule has 0 saturated heterocycles. The number of hydrogen-bond acceptors (Lipinski definition) is 3. The SMILES string of the molecule is CN(Cc1ccccc1)C1=NC[C@H](CBr)S1. The van der Waals surface area contributed by atoms with Gasteiger partial charge in [-0.25, -0.2) is 0 Å². The van der Waals surface area contributed by atoms with Crippen LogP contribution in [-0.2, 0) is 6.54 Å². The number of alkyl halides is 1. The third-order valence-corrected chi connectivity index (χ3v) is 4.97. The fraction of sp³-hybridized carbons (Fsp3) is 0.417. The standard InChI is InChI=1S/C12H15BrN2S/c1-15(9-10-5-3-2-4-6-10)12-14-8-11(7-13)16-12/h2-6,11H,7-9H2,1H3/t11-/m0/s1. The van der Waals surface area contributed by atoms with Gasteiger partial charge in [-0.05, 0) is 5.56 Å². The Morgan fingerprint density at radius 1 is 1.44 bits per heavy atom. The lowest BCUT2D eigenvalue weighted by Crippen LogP contribution is -2.22. The summed E-state index contributed by atoms with van der Waals surface area (Å²) in [5, 5.41) is 2.78. The van der Waals surface area contributed by atoms with Gasteiger partial charge in [-0.15, -0.1) is 0 Å². The second-order valence-electron chi connectivity index (χ2n) is 3.86. The van der Waals surface area contributed by atoms with Gasteiger partial charge in [0.2, 0.25) is 0 Å². The Morgan fingerprint density at radius 2 is 2.19 bits per heavy atom. The maximum Gasteiger partial charge on any atom is 0.159 e. The highest BCUT2D eigenvalue weighted by molar-refractivity contribution is 9.09. The van der Waals surface area contributed by atoms with E-state index in [0.717, 1.165) is 23.6 Å². The Hall–Kier alpha value is -0.480. The van der Waals surface area contributed by atoms with E-state index in [1.165, 1.54) is 5.56 Å². The first-order valence-electron chi connectivity index (χ1n) is 5.31. The highest BCUT2D eigenvalue weighted by Gasteiger charge is 2.20. The van der Waals surface area contributed by atoms with Crippen LogP contribution in [0.25, 0.3) is 0 Å². The van der Waals surface area contributed by atoms with E-state index in [0.29, 0.717) is 5.25 Å². The molecule has 0 spiro atoms. The van der Waals surface area contributed by atoms with Gasteiger partial charge < -0.3 is 4.90 Å². The molecule has 1 aliphatic heterocycles. The summed E-state index contributed by atoms with van der Waals surface area (Å²) in [6, 6.07) is 10.5. The normalized spacial score (nSPS) is 19.6. The summed E-state index contributed by atoms with van der Waals surface area (Å²) < 4.78 is 0. The summed E-state index contributed by atoms with van der Waals surface area (Å²) >= 11 is 5.37. The average molecular weight is 299 g/mol. The van der Waals surface area contributed by atoms with Crippen LogP contribution in [0.1, 0.15) is 5.56 Å². The predicted octanol–water partition coefficient (Wildman–Crippen LogP) is 2.98. The van der Waals surface area contributed by atoms with Gasteiger partial charge in [-0.3, -0.25) is 4.99 Å². The first kappa shape index (κ1) is 12.0. The van der Waals surface area contributed by atoms with E-state index in [9.17, 15) is 0 Å². The lowest BCUT2D eigenvalue weighted by Gasteiger charge is -2.18. The fourth-order valence-electron chi connectivity index (χ4n) is 1.62. The summed E-state index contributed by atoms with van der Waals surface area (Å²) in [4.78, 5) is 6.78. The number of aliphatic imine (C=N–C) groups is 1. The molecule has 2 nitrogen and oxygen atoms in total. The molecule has 0 amide bonds. The van der Waals surface area contributed by atoms with Crippen molar-refractivity contribution in [2.45, 2.75) is 11.8 Å². The molecule has 0 N–H and O–H groups in total. The maximum absolute atomic E-state index is 4.56. The molecule has 0 radical (unpaired) electrons. The van der Waals surface area contributed by atoms with Gasteiger partial charge in [0.15, 0.2) is 5.17 Å². The van der Waals surface area contributed by atoms with Crippen molar-refractivity contribution in [1.29, 1.82) is 0 Å². The average Bonchev–Trinajstić information content (AvgIpc) is 2.79. The number of benzene rings is 1. The molecule has 1 atom stereocenters. The van der Waals surface area contributed by atoms with Crippen LogP contribution in [0, 0.1) is 0 Å². The monoisotopic (exact) mass is 298 g/mol. The second-order valence-corrected chi connectivity index (χ2v) is 5.77. The molecule has 0 saturated carbocycles. The van der Waals surface area contributed by atoms with E-state index in [4.69, 9.17) is 0 Å². The quantitative estimate of drug-likeness (QED) is 0.797. The van der Waals surface area contributed by atoms with Gasteiger partial charge in [-0.1, -0.05) is 58.0 Å². The first-order valence-corrected chi connectivity index (χ1v) is 7.32. The molecule has 1 aliphatic rings. The minimum absolute atomic E-state index is 0.605. The van der Waals surface area contributed by atoms with Crippen LogP contribution in [0.2, 0.25) is 0 Å². The number of halogens is 1. The van der Waals surface area contributed by atoms with E-state index >= 15 is 0 Å². The minimum Gasteiger partial charge on any atom is -0.350 e. The molecule has 0 aliphatic carbocycles. The molecule has 0 fully saturated rings. The van der Waals surface area contributed by atoms with Crippen molar-refractivity contribution in [1.82, 2.24) is 4.90 Å². The van der Waals surface area contributed by atoms with E-state index in [1.54, 1.807) is 0 Å². The van der Waals surface area contributed by atoms with Gasteiger partial charge in [0.25, 0.3) is 0 Å². The third kappa shape index (κ3) is 3.01. The van der Waals surface area contributed by atoms with E-state index in [-0.39, 0.29) is 0 Å². The molecule has 1 aromatic rings. The Morgan fingerprint density at radius 3 is 2.81 bits per heavy atom. The zero-order valence-electron chi connectivity index (χ0n) is 9.27. The molecule has 2 rings (SSSR count). The van der Waals surface area contributed by atoms with Crippen LogP contribution in [0.15, 0.2) is 35.3 Å². The molecule has 0 aromatic heterocycles. The Kier molecular flexibility index (Phi) is 4.29. The Balaban J connectivity index is 1.92. The first-order chi connectivity index (χ1) is 7.79. The van der Waals surface area contributed by atoms with Crippen LogP contribution >= 0.6 is 27.7 Å². The molecule has 0 unspecified atom stereocenters. The van der Waals surface area contributed by atoms with Crippen molar-refractivity contribution in [2.24, 2.45) is 4.99 Å². The van der Waals surface area contributed by atoms with Crippen molar-refractivity contribution >= 4 is 32.9 Å². The molecule has 4 heteroatoms. The lowest BCUT2D eigenvalue weighted by atomic mass is 10.2. The second kappa shape index (κ2) is 5.73. The zero-order valence-corrected chi connectivity index (χ0v) is 11.7. The Labute approximate surface area is 109 Å². The summed E-state index contributed by atoms with van der Waals surface area (Å²) in [6.07, 6.45) is 0. The van der Waals surface area contributed by atoms with E-state index in [2.05, 4.69) is 57.1 Å². The molecular weight excluding hydrogens is 284 g/mol. The van der Waals surface area contributed by atoms with Gasteiger partial charge in [0.05, 0.1) is 6.54 Å². The molecule has 16 heavy (non-hydrogen) atoms. The van der Waals surface area contributed by atoms with Crippen molar-refractivity contribution in [3.63, 3.8) is 0 Å². The predicted molar refractivity (Wildman–Crippen MR) is 75.4 cm³/mol. The van der Waals surface area contributed by atoms with Crippen LogP contribution in [0.4, 0.5) is 0 Å². The highest BCUT2D eigenvalue weighted by atomic mass is 79.9. The molecule has 1 heterocycles. The lowest BCUT2D eigenvalue weighted by molar-refractivity contribution is 0.510. The molecular formula is C12H15BrN2S. The Bertz CT molecular complexity index is 367. The zero-order chi connectivity index (χ0) is 11.4. The van der Waals surface area contributed by atoms with Crippen molar-refractivity contribution in [2.75, 3.05) is 18.9 Å². The molecule has 1 aromatic carbocycles. The van der Waals surface area contributed by atoms with Crippen LogP contribution < -0.4 is 0 Å². The van der Waals surface area contributed by atoms with Crippen LogP contribution in [0.5, 0.6) is 0 Å². The smallest absolute Gasteiger partial charge is 0.159 e. The fourth-order valence-corrected chi connectivity index (χ4v) is 3.12. The van der Waals surface area contributed by atoms with Gasteiger partial charge in [0, 0.05) is 24.2 Å².